The molecular formula is C12H21N2+. The Morgan fingerprint density at radius 2 is 2.36 bits per heavy atom. The predicted molar refractivity (Wildman–Crippen MR) is 59.0 cm³/mol. The maximum atomic E-state index is 3.75. The van der Waals surface area contributed by atoms with Crippen molar-refractivity contribution in [2.45, 2.75) is 45.1 Å². The number of imidazole rings is 1. The molecule has 1 heterocycles. The van der Waals surface area contributed by atoms with Crippen molar-refractivity contribution in [3.8, 4) is 0 Å². The lowest BCUT2D eigenvalue weighted by molar-refractivity contribution is -0.723. The summed E-state index contributed by atoms with van der Waals surface area (Å²) in [7, 11) is 0. The Morgan fingerprint density at radius 3 is 2.93 bits per heavy atom. The molecule has 0 radical (unpaired) electrons. The van der Waals surface area contributed by atoms with E-state index in [-0.39, 0.29) is 0 Å². The zero-order chi connectivity index (χ0) is 10.2. The lowest BCUT2D eigenvalue weighted by Gasteiger charge is -2.11. The summed E-state index contributed by atoms with van der Waals surface area (Å²) in [5.41, 5.74) is 0. The average Bonchev–Trinajstić information content (AvgIpc) is 2.70. The van der Waals surface area contributed by atoms with Crippen LogP contribution in [-0.2, 0) is 0 Å². The molecule has 0 amide bonds. The highest BCUT2D eigenvalue weighted by molar-refractivity contribution is 4.67. The summed E-state index contributed by atoms with van der Waals surface area (Å²) in [4.78, 5) is 3.10. The van der Waals surface area contributed by atoms with Gasteiger partial charge >= 0.3 is 0 Å². The SMILES string of the molecule is C=CCCCC(CCC)[n+]1cc[nH]c1. The summed E-state index contributed by atoms with van der Waals surface area (Å²) in [5.74, 6) is 0. The number of rotatable bonds is 7. The van der Waals surface area contributed by atoms with Crippen LogP contribution in [0.15, 0.2) is 31.4 Å². The summed E-state index contributed by atoms with van der Waals surface area (Å²) >= 11 is 0. The highest BCUT2D eigenvalue weighted by atomic mass is 15.0. The standard InChI is InChI=1S/C12H20N2/c1-3-5-6-8-12(7-4-2)14-10-9-13-11-14/h3,9-12H,1,4-8H2,2H3/p+1. The number of unbranched alkanes of at least 4 members (excludes halogenated alkanes) is 1. The molecule has 0 aliphatic heterocycles. The Balaban J connectivity index is 2.43. The van der Waals surface area contributed by atoms with E-state index in [2.05, 4.69) is 29.3 Å². The molecule has 1 N–H and O–H groups in total. The molecule has 0 saturated carbocycles. The van der Waals surface area contributed by atoms with Crippen LogP contribution in [0, 0.1) is 0 Å². The van der Waals surface area contributed by atoms with Gasteiger partial charge in [0.15, 0.2) is 0 Å². The summed E-state index contributed by atoms with van der Waals surface area (Å²) in [5, 5.41) is 0. The molecule has 0 fully saturated rings. The van der Waals surface area contributed by atoms with Gasteiger partial charge in [0.2, 0.25) is 6.33 Å². The number of hydrogen-bond acceptors (Lipinski definition) is 0. The maximum Gasteiger partial charge on any atom is 0.241 e. The second kappa shape index (κ2) is 6.41. The summed E-state index contributed by atoms with van der Waals surface area (Å²) in [6, 6.07) is 0.659. The molecule has 1 aromatic rings. The van der Waals surface area contributed by atoms with Gasteiger partial charge in [-0.25, -0.2) is 4.57 Å². The fourth-order valence-electron chi connectivity index (χ4n) is 1.80. The third kappa shape index (κ3) is 3.36. The fourth-order valence-corrected chi connectivity index (χ4v) is 1.80. The molecule has 0 aliphatic carbocycles. The van der Waals surface area contributed by atoms with Gasteiger partial charge in [0.25, 0.3) is 0 Å². The van der Waals surface area contributed by atoms with Crippen LogP contribution in [0.2, 0.25) is 0 Å². The minimum atomic E-state index is 0.659. The van der Waals surface area contributed by atoms with E-state index < -0.39 is 0 Å². The van der Waals surface area contributed by atoms with Gasteiger partial charge in [-0.3, -0.25) is 4.98 Å². The molecule has 78 valence electrons. The largest absolute Gasteiger partial charge is 0.250 e. The molecule has 1 aromatic heterocycles. The van der Waals surface area contributed by atoms with Crippen molar-refractivity contribution in [3.05, 3.63) is 31.4 Å². The van der Waals surface area contributed by atoms with E-state index in [9.17, 15) is 0 Å². The summed E-state index contributed by atoms with van der Waals surface area (Å²) in [6.45, 7) is 6.00. The molecule has 1 rings (SSSR count). The van der Waals surface area contributed by atoms with Crippen LogP contribution >= 0.6 is 0 Å². The van der Waals surface area contributed by atoms with E-state index in [0.29, 0.717) is 6.04 Å². The minimum absolute atomic E-state index is 0.659. The quantitative estimate of drug-likeness (QED) is 0.390. The van der Waals surface area contributed by atoms with Crippen molar-refractivity contribution in [2.24, 2.45) is 0 Å². The van der Waals surface area contributed by atoms with Crippen molar-refractivity contribution < 1.29 is 4.57 Å². The number of aromatic amines is 1. The second-order valence-corrected chi connectivity index (χ2v) is 3.72. The highest BCUT2D eigenvalue weighted by Gasteiger charge is 2.13. The Kier molecular flexibility index (Phi) is 5.05. The Morgan fingerprint density at radius 1 is 1.50 bits per heavy atom. The lowest BCUT2D eigenvalue weighted by Crippen LogP contribution is -2.36. The van der Waals surface area contributed by atoms with Gasteiger partial charge in [-0.1, -0.05) is 19.4 Å². The number of nitrogens with zero attached hydrogens (tertiary/aromatic N) is 1. The molecule has 0 saturated heterocycles. The van der Waals surface area contributed by atoms with Gasteiger partial charge < -0.3 is 0 Å². The normalized spacial score (nSPS) is 12.6. The number of nitrogens with one attached hydrogen (secondary N) is 1. The molecule has 0 bridgehead atoms. The van der Waals surface area contributed by atoms with E-state index in [0.717, 1.165) is 6.42 Å². The maximum absolute atomic E-state index is 3.75. The van der Waals surface area contributed by atoms with E-state index >= 15 is 0 Å². The highest BCUT2D eigenvalue weighted by Crippen LogP contribution is 2.14. The lowest BCUT2D eigenvalue weighted by atomic mass is 10.0. The smallest absolute Gasteiger partial charge is 0.241 e. The number of hydrogen-bond donors (Lipinski definition) is 1. The van der Waals surface area contributed by atoms with Crippen molar-refractivity contribution in [1.82, 2.24) is 4.98 Å². The van der Waals surface area contributed by atoms with Crippen LogP contribution in [0.3, 0.4) is 0 Å². The zero-order valence-corrected chi connectivity index (χ0v) is 9.08. The Bertz CT molecular complexity index is 239. The molecule has 2 nitrogen and oxygen atoms in total. The molecule has 14 heavy (non-hydrogen) atoms. The Labute approximate surface area is 86.7 Å². The van der Waals surface area contributed by atoms with Crippen molar-refractivity contribution >= 4 is 0 Å². The number of allylic oxidation sites excluding steroid dienone is 1. The van der Waals surface area contributed by atoms with Crippen LogP contribution < -0.4 is 4.57 Å². The average molecular weight is 193 g/mol. The topological polar surface area (TPSA) is 19.7 Å². The van der Waals surface area contributed by atoms with E-state index in [4.69, 9.17) is 0 Å². The van der Waals surface area contributed by atoms with E-state index in [1.54, 1.807) is 0 Å². The zero-order valence-electron chi connectivity index (χ0n) is 9.08. The summed E-state index contributed by atoms with van der Waals surface area (Å²) in [6.07, 6.45) is 14.3. The third-order valence-electron chi connectivity index (χ3n) is 2.56. The molecule has 0 aromatic carbocycles. The van der Waals surface area contributed by atoms with Crippen molar-refractivity contribution in [2.75, 3.05) is 0 Å². The Hall–Kier alpha value is -1.05. The predicted octanol–water partition coefficient (Wildman–Crippen LogP) is 3.00. The first-order valence-electron chi connectivity index (χ1n) is 5.53. The monoisotopic (exact) mass is 193 g/mol. The molecule has 0 spiro atoms. The fraction of sp³-hybridized carbons (Fsp3) is 0.583. The first-order chi connectivity index (χ1) is 6.88. The van der Waals surface area contributed by atoms with Crippen LogP contribution in [0.25, 0.3) is 0 Å². The first kappa shape index (κ1) is 11.0. The van der Waals surface area contributed by atoms with Crippen molar-refractivity contribution in [3.63, 3.8) is 0 Å². The van der Waals surface area contributed by atoms with Gasteiger partial charge in [-0.15, -0.1) is 6.58 Å². The van der Waals surface area contributed by atoms with Gasteiger partial charge in [-0.2, -0.15) is 0 Å². The second-order valence-electron chi connectivity index (χ2n) is 3.72. The van der Waals surface area contributed by atoms with Crippen LogP contribution in [0.1, 0.15) is 45.1 Å². The third-order valence-corrected chi connectivity index (χ3v) is 2.56. The van der Waals surface area contributed by atoms with E-state index in [1.807, 2.05) is 18.6 Å². The van der Waals surface area contributed by atoms with Crippen molar-refractivity contribution in [1.29, 1.82) is 0 Å². The minimum Gasteiger partial charge on any atom is -0.250 e. The van der Waals surface area contributed by atoms with Gasteiger partial charge in [0, 0.05) is 0 Å². The number of aromatic nitrogens is 2. The molecule has 1 atom stereocenters. The van der Waals surface area contributed by atoms with Gasteiger partial charge in [0.05, 0.1) is 0 Å². The van der Waals surface area contributed by atoms with E-state index in [1.165, 1.54) is 25.7 Å². The van der Waals surface area contributed by atoms with Crippen LogP contribution in [0.4, 0.5) is 0 Å². The number of H-pyrrole nitrogens is 1. The van der Waals surface area contributed by atoms with Gasteiger partial charge in [-0.05, 0) is 25.7 Å². The molecule has 2 heteroatoms. The molecular weight excluding hydrogens is 172 g/mol. The van der Waals surface area contributed by atoms with Gasteiger partial charge in [0.1, 0.15) is 18.4 Å². The molecule has 0 aliphatic rings. The first-order valence-corrected chi connectivity index (χ1v) is 5.53. The van der Waals surface area contributed by atoms with Crippen LogP contribution in [0.5, 0.6) is 0 Å². The van der Waals surface area contributed by atoms with Crippen LogP contribution in [-0.4, -0.2) is 4.98 Å². The molecule has 1 unspecified atom stereocenters. The summed E-state index contributed by atoms with van der Waals surface area (Å²) < 4.78 is 2.28.